The third-order valence-corrected chi connectivity index (χ3v) is 4.52. The van der Waals surface area contributed by atoms with Crippen LogP contribution < -0.4 is 4.90 Å². The molecule has 0 spiro atoms. The Hall–Kier alpha value is -2.47. The predicted octanol–water partition coefficient (Wildman–Crippen LogP) is 1.79. The van der Waals surface area contributed by atoms with E-state index in [-0.39, 0.29) is 5.92 Å². The summed E-state index contributed by atoms with van der Waals surface area (Å²) in [7, 11) is 0. The first-order chi connectivity index (χ1) is 11.2. The largest absolute Gasteiger partial charge is 0.391 e. The van der Waals surface area contributed by atoms with Gasteiger partial charge in [0.25, 0.3) is 0 Å². The lowest BCUT2D eigenvalue weighted by molar-refractivity contribution is 0.130. The number of hydrogen-bond acceptors (Lipinski definition) is 5. The summed E-state index contributed by atoms with van der Waals surface area (Å²) >= 11 is 0. The second-order valence-electron chi connectivity index (χ2n) is 6.09. The minimum absolute atomic E-state index is 0.185. The zero-order chi connectivity index (χ0) is 15.8. The summed E-state index contributed by atoms with van der Waals surface area (Å²) in [5.41, 5.74) is 3.84. The second kappa shape index (κ2) is 5.62. The van der Waals surface area contributed by atoms with Crippen LogP contribution in [0.5, 0.6) is 0 Å². The molecule has 3 aromatic rings. The summed E-state index contributed by atoms with van der Waals surface area (Å²) in [6.07, 6.45) is 2.12. The third-order valence-electron chi connectivity index (χ3n) is 4.52. The fourth-order valence-corrected chi connectivity index (χ4v) is 3.41. The molecule has 0 unspecified atom stereocenters. The van der Waals surface area contributed by atoms with Crippen LogP contribution in [-0.2, 0) is 0 Å². The average Bonchev–Trinajstić information content (AvgIpc) is 3.03. The van der Waals surface area contributed by atoms with E-state index in [1.807, 2.05) is 31.2 Å². The van der Waals surface area contributed by atoms with Gasteiger partial charge in [0.1, 0.15) is 6.33 Å². The van der Waals surface area contributed by atoms with Crippen LogP contribution in [-0.4, -0.2) is 44.1 Å². The van der Waals surface area contributed by atoms with Gasteiger partial charge >= 0.3 is 0 Å². The van der Waals surface area contributed by atoms with E-state index in [1.54, 1.807) is 10.8 Å². The summed E-state index contributed by atoms with van der Waals surface area (Å²) in [6, 6.07) is 12.3. The smallest absolute Gasteiger partial charge is 0.200 e. The fraction of sp³-hybridized carbons (Fsp3) is 0.353. The molecule has 3 heterocycles. The number of nitrogens with zero attached hydrogens (tertiary/aromatic N) is 5. The summed E-state index contributed by atoms with van der Waals surface area (Å²) in [6.45, 7) is 3.42. The van der Waals surface area contributed by atoms with Crippen LogP contribution in [0.15, 0.2) is 42.7 Å². The van der Waals surface area contributed by atoms with Gasteiger partial charge in [-0.2, -0.15) is 9.61 Å². The number of aliphatic hydroxyl groups is 1. The number of benzene rings is 1. The maximum absolute atomic E-state index is 10.6. The summed E-state index contributed by atoms with van der Waals surface area (Å²) in [5, 5.41) is 23.1. The molecule has 1 aromatic carbocycles. The van der Waals surface area contributed by atoms with Crippen LogP contribution in [0.25, 0.3) is 5.65 Å². The zero-order valence-electron chi connectivity index (χ0n) is 13.0. The van der Waals surface area contributed by atoms with E-state index in [2.05, 4.69) is 32.3 Å². The SMILES string of the molecule is Cc1cc(N2CC[C@H](c3ccccc3)[C@H](O)C2)c2nncn2n1. The Balaban J connectivity index is 1.62. The average molecular weight is 309 g/mol. The van der Waals surface area contributed by atoms with Crippen molar-refractivity contribution in [2.24, 2.45) is 0 Å². The number of fused-ring (bicyclic) bond motifs is 1. The Morgan fingerprint density at radius 2 is 2.04 bits per heavy atom. The molecule has 6 heteroatoms. The molecule has 0 bridgehead atoms. The Labute approximate surface area is 134 Å². The van der Waals surface area contributed by atoms with E-state index in [4.69, 9.17) is 0 Å². The first kappa shape index (κ1) is 14.1. The highest BCUT2D eigenvalue weighted by atomic mass is 16.3. The molecule has 2 aromatic heterocycles. The topological polar surface area (TPSA) is 66.5 Å². The van der Waals surface area contributed by atoms with Gasteiger partial charge in [0.15, 0.2) is 0 Å². The maximum Gasteiger partial charge on any atom is 0.200 e. The molecule has 6 nitrogen and oxygen atoms in total. The molecule has 118 valence electrons. The molecule has 1 saturated heterocycles. The normalized spacial score (nSPS) is 21.7. The van der Waals surface area contributed by atoms with Crippen LogP contribution in [0, 0.1) is 6.92 Å². The van der Waals surface area contributed by atoms with Gasteiger partial charge in [-0.3, -0.25) is 0 Å². The number of piperidine rings is 1. The minimum atomic E-state index is -0.400. The van der Waals surface area contributed by atoms with Crippen molar-refractivity contribution in [2.45, 2.75) is 25.4 Å². The molecule has 23 heavy (non-hydrogen) atoms. The number of aromatic nitrogens is 4. The monoisotopic (exact) mass is 309 g/mol. The molecule has 1 aliphatic heterocycles. The Kier molecular flexibility index (Phi) is 3.46. The van der Waals surface area contributed by atoms with Gasteiger partial charge in [0.2, 0.25) is 5.65 Å². The van der Waals surface area contributed by atoms with Gasteiger partial charge in [0, 0.05) is 19.0 Å². The van der Waals surface area contributed by atoms with Crippen molar-refractivity contribution in [3.63, 3.8) is 0 Å². The van der Waals surface area contributed by atoms with E-state index in [9.17, 15) is 5.11 Å². The van der Waals surface area contributed by atoms with Crippen molar-refractivity contribution in [1.29, 1.82) is 0 Å². The molecule has 2 atom stereocenters. The Morgan fingerprint density at radius 1 is 1.22 bits per heavy atom. The number of β-amino-alcohol motifs (C(OH)–C–C–N with tert-alkyl or cyclic N) is 1. The van der Waals surface area contributed by atoms with Crippen molar-refractivity contribution in [2.75, 3.05) is 18.0 Å². The lowest BCUT2D eigenvalue weighted by Crippen LogP contribution is -2.43. The molecule has 1 aliphatic rings. The van der Waals surface area contributed by atoms with Crippen molar-refractivity contribution >= 4 is 11.3 Å². The zero-order valence-corrected chi connectivity index (χ0v) is 13.0. The first-order valence-corrected chi connectivity index (χ1v) is 7.88. The first-order valence-electron chi connectivity index (χ1n) is 7.88. The van der Waals surface area contributed by atoms with Crippen molar-refractivity contribution in [3.05, 3.63) is 54.0 Å². The fourth-order valence-electron chi connectivity index (χ4n) is 3.41. The molecule has 1 N–H and O–H groups in total. The minimum Gasteiger partial charge on any atom is -0.391 e. The Morgan fingerprint density at radius 3 is 2.83 bits per heavy atom. The second-order valence-corrected chi connectivity index (χ2v) is 6.09. The van der Waals surface area contributed by atoms with Crippen molar-refractivity contribution < 1.29 is 5.11 Å². The van der Waals surface area contributed by atoms with Gasteiger partial charge in [-0.25, -0.2) is 0 Å². The molecule has 0 aliphatic carbocycles. The number of anilines is 1. The molecule has 1 fully saturated rings. The summed E-state index contributed by atoms with van der Waals surface area (Å²) < 4.78 is 1.69. The van der Waals surface area contributed by atoms with E-state index in [1.165, 1.54) is 5.56 Å². The third kappa shape index (κ3) is 2.55. The highest BCUT2D eigenvalue weighted by Crippen LogP contribution is 2.32. The van der Waals surface area contributed by atoms with E-state index >= 15 is 0 Å². The highest BCUT2D eigenvalue weighted by Gasteiger charge is 2.30. The van der Waals surface area contributed by atoms with Crippen LogP contribution in [0.2, 0.25) is 0 Å². The van der Waals surface area contributed by atoms with Gasteiger partial charge < -0.3 is 10.0 Å². The van der Waals surface area contributed by atoms with Gasteiger partial charge in [-0.15, -0.1) is 10.2 Å². The molecular weight excluding hydrogens is 290 g/mol. The lowest BCUT2D eigenvalue weighted by atomic mass is 9.87. The number of aliphatic hydroxyl groups excluding tert-OH is 1. The molecular formula is C17H19N5O. The molecule has 0 radical (unpaired) electrons. The van der Waals surface area contributed by atoms with Gasteiger partial charge in [0.05, 0.1) is 17.5 Å². The van der Waals surface area contributed by atoms with Gasteiger partial charge in [-0.1, -0.05) is 30.3 Å². The summed E-state index contributed by atoms with van der Waals surface area (Å²) in [4.78, 5) is 2.18. The van der Waals surface area contributed by atoms with Crippen LogP contribution in [0.3, 0.4) is 0 Å². The van der Waals surface area contributed by atoms with Crippen LogP contribution in [0.4, 0.5) is 5.69 Å². The predicted molar refractivity (Wildman–Crippen MR) is 87.5 cm³/mol. The molecule has 0 amide bonds. The lowest BCUT2D eigenvalue weighted by Gasteiger charge is -2.37. The number of rotatable bonds is 2. The van der Waals surface area contributed by atoms with E-state index in [0.29, 0.717) is 6.54 Å². The quantitative estimate of drug-likeness (QED) is 0.782. The van der Waals surface area contributed by atoms with E-state index < -0.39 is 6.10 Å². The maximum atomic E-state index is 10.6. The highest BCUT2D eigenvalue weighted by molar-refractivity contribution is 5.68. The van der Waals surface area contributed by atoms with Gasteiger partial charge in [-0.05, 0) is 25.0 Å². The number of aryl methyl sites for hydroxylation is 1. The number of hydrogen-bond donors (Lipinski definition) is 1. The van der Waals surface area contributed by atoms with Crippen LogP contribution in [0.1, 0.15) is 23.6 Å². The molecule has 4 rings (SSSR count). The van der Waals surface area contributed by atoms with Crippen molar-refractivity contribution in [3.8, 4) is 0 Å². The Bertz CT molecular complexity index is 816. The summed E-state index contributed by atoms with van der Waals surface area (Å²) in [5.74, 6) is 0.185. The van der Waals surface area contributed by atoms with E-state index in [0.717, 1.165) is 30.0 Å². The van der Waals surface area contributed by atoms with Crippen LogP contribution >= 0.6 is 0 Å². The standard InChI is InChI=1S/C17H19N5O/c1-12-9-15(17-19-18-11-22(17)20-12)21-8-7-14(16(23)10-21)13-5-3-2-4-6-13/h2-6,9,11,14,16,23H,7-8,10H2,1H3/t14-,16-/m1/s1. The van der Waals surface area contributed by atoms with Crippen molar-refractivity contribution in [1.82, 2.24) is 19.8 Å². The molecule has 0 saturated carbocycles.